The summed E-state index contributed by atoms with van der Waals surface area (Å²) in [7, 11) is 1.59. The number of carbonyl (C=O) groups excluding carboxylic acids is 2. The molecule has 2 aromatic heterocycles. The van der Waals surface area contributed by atoms with E-state index >= 15 is 0 Å². The average molecular weight is 491 g/mol. The molecule has 1 unspecified atom stereocenters. The van der Waals surface area contributed by atoms with E-state index in [4.69, 9.17) is 4.74 Å². The van der Waals surface area contributed by atoms with Crippen LogP contribution in [-0.4, -0.2) is 69.3 Å². The second kappa shape index (κ2) is 10.5. The Bertz CT molecular complexity index is 1310. The molecule has 0 radical (unpaired) electrons. The molecule has 1 aliphatic heterocycles. The number of rotatable bonds is 9. The first-order valence-corrected chi connectivity index (χ1v) is 12.4. The van der Waals surface area contributed by atoms with Gasteiger partial charge in [-0.1, -0.05) is 32.0 Å². The first-order chi connectivity index (χ1) is 17.3. The monoisotopic (exact) mass is 490 g/mol. The molecular formula is C28H34N4O4. The Kier molecular flexibility index (Phi) is 7.45. The molecule has 190 valence electrons. The van der Waals surface area contributed by atoms with Gasteiger partial charge in [0, 0.05) is 12.7 Å². The highest BCUT2D eigenvalue weighted by atomic mass is 16.5. The van der Waals surface area contributed by atoms with Gasteiger partial charge in [-0.2, -0.15) is 0 Å². The SMILES string of the molecule is CCN(CC)CCCN1C(=O)C(=O)C(=C(O)c2nc3c(C)cccn3c2C)C1c1ccc(OC)cc1. The van der Waals surface area contributed by atoms with Crippen LogP contribution in [-0.2, 0) is 9.59 Å². The number of aryl methyl sites for hydroxylation is 2. The molecule has 1 N–H and O–H groups in total. The molecule has 1 amide bonds. The maximum Gasteiger partial charge on any atom is 0.295 e. The van der Waals surface area contributed by atoms with Gasteiger partial charge >= 0.3 is 0 Å². The third-order valence-corrected chi connectivity index (χ3v) is 7.05. The molecular weight excluding hydrogens is 456 g/mol. The molecule has 1 fully saturated rings. The number of hydrogen-bond donors (Lipinski definition) is 1. The van der Waals surface area contributed by atoms with Crippen LogP contribution in [0.3, 0.4) is 0 Å². The normalized spacial score (nSPS) is 17.5. The molecule has 0 aliphatic carbocycles. The van der Waals surface area contributed by atoms with E-state index in [-0.39, 0.29) is 11.3 Å². The molecule has 3 heterocycles. The Morgan fingerprint density at radius 1 is 1.11 bits per heavy atom. The van der Waals surface area contributed by atoms with Crippen LogP contribution in [0.15, 0.2) is 48.2 Å². The number of imidazole rings is 1. The smallest absolute Gasteiger partial charge is 0.295 e. The molecule has 8 nitrogen and oxygen atoms in total. The van der Waals surface area contributed by atoms with E-state index in [9.17, 15) is 14.7 Å². The maximum absolute atomic E-state index is 13.4. The van der Waals surface area contributed by atoms with Gasteiger partial charge in [0.05, 0.1) is 24.4 Å². The fourth-order valence-corrected chi connectivity index (χ4v) is 4.92. The van der Waals surface area contributed by atoms with Gasteiger partial charge in [0.1, 0.15) is 17.1 Å². The van der Waals surface area contributed by atoms with E-state index in [1.165, 1.54) is 0 Å². The van der Waals surface area contributed by atoms with Crippen molar-refractivity contribution < 1.29 is 19.4 Å². The van der Waals surface area contributed by atoms with E-state index in [2.05, 4.69) is 23.7 Å². The summed E-state index contributed by atoms with van der Waals surface area (Å²) in [5.74, 6) is -0.872. The third-order valence-electron chi connectivity index (χ3n) is 7.05. The van der Waals surface area contributed by atoms with E-state index in [0.717, 1.165) is 30.8 Å². The lowest BCUT2D eigenvalue weighted by Gasteiger charge is -2.26. The lowest BCUT2D eigenvalue weighted by atomic mass is 9.96. The molecule has 1 atom stereocenters. The van der Waals surface area contributed by atoms with Gasteiger partial charge in [-0.05, 0) is 69.2 Å². The summed E-state index contributed by atoms with van der Waals surface area (Å²) in [5.41, 5.74) is 3.46. The zero-order valence-corrected chi connectivity index (χ0v) is 21.6. The van der Waals surface area contributed by atoms with Crippen LogP contribution in [0.4, 0.5) is 0 Å². The first kappa shape index (κ1) is 25.4. The minimum absolute atomic E-state index is 0.0668. The Hall–Kier alpha value is -3.65. The van der Waals surface area contributed by atoms with Crippen molar-refractivity contribution in [1.82, 2.24) is 19.2 Å². The molecule has 3 aromatic rings. The molecule has 8 heteroatoms. The van der Waals surface area contributed by atoms with Gasteiger partial charge in [-0.15, -0.1) is 0 Å². The lowest BCUT2D eigenvalue weighted by Crippen LogP contribution is -2.33. The van der Waals surface area contributed by atoms with E-state index in [1.807, 2.05) is 48.7 Å². The molecule has 0 spiro atoms. The molecule has 1 aliphatic rings. The zero-order chi connectivity index (χ0) is 26.0. The quantitative estimate of drug-likeness (QED) is 0.276. The molecule has 1 aromatic carbocycles. The second-order valence-corrected chi connectivity index (χ2v) is 9.08. The number of methoxy groups -OCH3 is 1. The third kappa shape index (κ3) is 4.48. The first-order valence-electron chi connectivity index (χ1n) is 12.4. The maximum atomic E-state index is 13.4. The highest BCUT2D eigenvalue weighted by molar-refractivity contribution is 6.46. The van der Waals surface area contributed by atoms with Crippen molar-refractivity contribution in [3.05, 3.63) is 70.7 Å². The number of pyridine rings is 1. The van der Waals surface area contributed by atoms with Crippen molar-refractivity contribution in [2.24, 2.45) is 0 Å². The molecule has 0 saturated carbocycles. The molecule has 4 rings (SSSR count). The van der Waals surface area contributed by atoms with E-state index in [1.54, 1.807) is 24.1 Å². The summed E-state index contributed by atoms with van der Waals surface area (Å²) in [6.45, 7) is 11.0. The van der Waals surface area contributed by atoms with Crippen LogP contribution >= 0.6 is 0 Å². The highest BCUT2D eigenvalue weighted by Gasteiger charge is 2.46. The van der Waals surface area contributed by atoms with Crippen molar-refractivity contribution in [3.8, 4) is 5.75 Å². The van der Waals surface area contributed by atoms with E-state index < -0.39 is 17.7 Å². The minimum Gasteiger partial charge on any atom is -0.505 e. The predicted molar refractivity (Wildman–Crippen MR) is 139 cm³/mol. The van der Waals surface area contributed by atoms with Crippen LogP contribution in [0.1, 0.15) is 48.8 Å². The predicted octanol–water partition coefficient (Wildman–Crippen LogP) is 4.11. The number of Topliss-reactive ketones (excluding diaryl/α,β-unsaturated/α-hetero) is 1. The fourth-order valence-electron chi connectivity index (χ4n) is 4.92. The van der Waals surface area contributed by atoms with Gasteiger partial charge in [0.15, 0.2) is 5.76 Å². The number of aliphatic hydroxyl groups excluding tert-OH is 1. The van der Waals surface area contributed by atoms with Gasteiger partial charge in [0.2, 0.25) is 0 Å². The average Bonchev–Trinajstić information content (AvgIpc) is 3.36. The summed E-state index contributed by atoms with van der Waals surface area (Å²) in [4.78, 5) is 35.1. The number of carbonyl (C=O) groups is 2. The number of likely N-dealkylation sites (tertiary alicyclic amines) is 1. The van der Waals surface area contributed by atoms with Gasteiger partial charge in [-0.3, -0.25) is 9.59 Å². The van der Waals surface area contributed by atoms with Gasteiger partial charge in [-0.25, -0.2) is 4.98 Å². The largest absolute Gasteiger partial charge is 0.505 e. The standard InChI is InChI=1S/C28H34N4O4/c1-6-30(7-2)15-9-17-32-24(20-11-13-21(36-5)14-12-20)22(26(34)28(32)35)25(33)23-19(4)31-16-8-10-18(3)27(31)29-23/h8,10-14,16,24,33H,6-7,9,15,17H2,1-5H3. The zero-order valence-electron chi connectivity index (χ0n) is 21.6. The number of amides is 1. The number of ketones is 1. The van der Waals surface area contributed by atoms with Crippen molar-refractivity contribution in [1.29, 1.82) is 0 Å². The van der Waals surface area contributed by atoms with Crippen molar-refractivity contribution in [3.63, 3.8) is 0 Å². The van der Waals surface area contributed by atoms with Crippen LogP contribution in [0.5, 0.6) is 5.75 Å². The van der Waals surface area contributed by atoms with Crippen molar-refractivity contribution >= 4 is 23.1 Å². The summed E-state index contributed by atoms with van der Waals surface area (Å²) in [6.07, 6.45) is 2.59. The van der Waals surface area contributed by atoms with Gasteiger partial charge in [0.25, 0.3) is 11.7 Å². The van der Waals surface area contributed by atoms with Gasteiger partial charge < -0.3 is 24.0 Å². The number of nitrogens with zero attached hydrogens (tertiary/aromatic N) is 4. The number of aromatic nitrogens is 2. The summed E-state index contributed by atoms with van der Waals surface area (Å²) >= 11 is 0. The van der Waals surface area contributed by atoms with Crippen molar-refractivity contribution in [2.45, 2.75) is 40.2 Å². The van der Waals surface area contributed by atoms with Crippen molar-refractivity contribution in [2.75, 3.05) is 33.3 Å². The molecule has 0 bridgehead atoms. The van der Waals surface area contributed by atoms with Crippen LogP contribution < -0.4 is 4.74 Å². The highest BCUT2D eigenvalue weighted by Crippen LogP contribution is 2.40. The number of fused-ring (bicyclic) bond motifs is 1. The lowest BCUT2D eigenvalue weighted by molar-refractivity contribution is -0.140. The Labute approximate surface area is 211 Å². The topological polar surface area (TPSA) is 87.4 Å². The fraction of sp³-hybridized carbons (Fsp3) is 0.393. The van der Waals surface area contributed by atoms with Crippen LogP contribution in [0.25, 0.3) is 11.4 Å². The summed E-state index contributed by atoms with van der Waals surface area (Å²) in [6, 6.07) is 10.4. The van der Waals surface area contributed by atoms with E-state index in [0.29, 0.717) is 35.8 Å². The number of aliphatic hydroxyl groups is 1. The van der Waals surface area contributed by atoms with Crippen LogP contribution in [0, 0.1) is 13.8 Å². The Balaban J connectivity index is 1.81. The molecule has 36 heavy (non-hydrogen) atoms. The Morgan fingerprint density at radius 2 is 1.81 bits per heavy atom. The minimum atomic E-state index is -0.710. The summed E-state index contributed by atoms with van der Waals surface area (Å²) in [5, 5.41) is 11.5. The number of benzene rings is 1. The molecule has 1 saturated heterocycles. The second-order valence-electron chi connectivity index (χ2n) is 9.08. The van der Waals surface area contributed by atoms with Crippen LogP contribution in [0.2, 0.25) is 0 Å². The number of ether oxygens (including phenoxy) is 1. The number of hydrogen-bond acceptors (Lipinski definition) is 6. The Morgan fingerprint density at radius 3 is 2.42 bits per heavy atom. The summed E-state index contributed by atoms with van der Waals surface area (Å²) < 4.78 is 7.18.